The first-order chi connectivity index (χ1) is 9.45. The van der Waals surface area contributed by atoms with E-state index in [4.69, 9.17) is 5.11 Å². The topological polar surface area (TPSA) is 94.1 Å². The molecule has 2 aromatic rings. The zero-order chi connectivity index (χ0) is 14.9. The smallest absolute Gasteiger partial charge is 0.291 e. The van der Waals surface area contributed by atoms with Crippen LogP contribution in [0.2, 0.25) is 0 Å². The standard InChI is InChI=1S/C11H11BrN4O3S/c1-6-8(16(18)19)4-13-10(9(6)12)20-11-14-3-7(5-17)15(11)2/h3-4,17H,5H2,1-2H3. The number of hydrogen-bond acceptors (Lipinski definition) is 6. The average molecular weight is 359 g/mol. The molecule has 0 unspecified atom stereocenters. The van der Waals surface area contributed by atoms with Gasteiger partial charge in [0, 0.05) is 12.6 Å². The van der Waals surface area contributed by atoms with Crippen molar-refractivity contribution in [2.75, 3.05) is 0 Å². The van der Waals surface area contributed by atoms with Crippen LogP contribution in [-0.4, -0.2) is 24.6 Å². The largest absolute Gasteiger partial charge is 0.390 e. The van der Waals surface area contributed by atoms with E-state index in [2.05, 4.69) is 25.9 Å². The highest BCUT2D eigenvalue weighted by Crippen LogP contribution is 2.36. The molecule has 2 heterocycles. The maximum atomic E-state index is 10.8. The summed E-state index contributed by atoms with van der Waals surface area (Å²) in [6.07, 6.45) is 2.81. The Kier molecular flexibility index (Phi) is 4.41. The Balaban J connectivity index is 2.37. The van der Waals surface area contributed by atoms with Crippen molar-refractivity contribution in [1.82, 2.24) is 14.5 Å². The van der Waals surface area contributed by atoms with Crippen LogP contribution in [0, 0.1) is 17.0 Å². The van der Waals surface area contributed by atoms with E-state index in [0.29, 0.717) is 25.9 Å². The minimum atomic E-state index is -0.466. The number of rotatable bonds is 4. The molecule has 1 N–H and O–H groups in total. The van der Waals surface area contributed by atoms with Crippen molar-refractivity contribution in [1.29, 1.82) is 0 Å². The zero-order valence-electron chi connectivity index (χ0n) is 10.7. The number of hydrogen-bond donors (Lipinski definition) is 1. The highest BCUT2D eigenvalue weighted by molar-refractivity contribution is 9.10. The van der Waals surface area contributed by atoms with Crippen LogP contribution >= 0.6 is 27.7 Å². The molecule has 0 bridgehead atoms. The Bertz CT molecular complexity index is 674. The monoisotopic (exact) mass is 358 g/mol. The van der Waals surface area contributed by atoms with E-state index in [1.807, 2.05) is 0 Å². The van der Waals surface area contributed by atoms with Gasteiger partial charge in [-0.25, -0.2) is 9.97 Å². The third kappa shape index (κ3) is 2.69. The SMILES string of the molecule is Cc1c([N+](=O)[O-])cnc(Sc2ncc(CO)n2C)c1Br. The van der Waals surface area contributed by atoms with Crippen LogP contribution in [0.4, 0.5) is 5.69 Å². The summed E-state index contributed by atoms with van der Waals surface area (Å²) in [4.78, 5) is 18.6. The normalized spacial score (nSPS) is 10.8. The van der Waals surface area contributed by atoms with Crippen LogP contribution in [-0.2, 0) is 13.7 Å². The van der Waals surface area contributed by atoms with E-state index >= 15 is 0 Å². The molecule has 9 heteroatoms. The maximum Gasteiger partial charge on any atom is 0.291 e. The molecule has 0 aliphatic heterocycles. The number of halogens is 1. The number of aliphatic hydroxyl groups excluding tert-OH is 1. The number of nitrogens with zero attached hydrogens (tertiary/aromatic N) is 4. The highest BCUT2D eigenvalue weighted by Gasteiger charge is 2.19. The summed E-state index contributed by atoms with van der Waals surface area (Å²) in [5.74, 6) is 0. The molecule has 0 atom stereocenters. The molecule has 0 spiro atoms. The van der Waals surface area contributed by atoms with Crippen LogP contribution < -0.4 is 0 Å². The Morgan fingerprint density at radius 3 is 2.75 bits per heavy atom. The molecule has 0 saturated heterocycles. The third-order valence-electron chi connectivity index (χ3n) is 2.79. The van der Waals surface area contributed by atoms with Gasteiger partial charge in [-0.2, -0.15) is 0 Å². The number of nitro groups is 1. The fourth-order valence-corrected chi connectivity index (χ4v) is 2.98. The first-order valence-corrected chi connectivity index (χ1v) is 7.15. The molecular formula is C11H11BrN4O3S. The molecule has 2 aromatic heterocycles. The van der Waals surface area contributed by atoms with Gasteiger partial charge >= 0.3 is 0 Å². The van der Waals surface area contributed by atoms with Crippen molar-refractivity contribution >= 4 is 33.4 Å². The lowest BCUT2D eigenvalue weighted by Gasteiger charge is -2.07. The van der Waals surface area contributed by atoms with Gasteiger partial charge in [0.05, 0.1) is 27.9 Å². The predicted octanol–water partition coefficient (Wildman–Crippen LogP) is 2.44. The van der Waals surface area contributed by atoms with E-state index in [1.165, 1.54) is 18.0 Å². The Morgan fingerprint density at radius 2 is 2.20 bits per heavy atom. The summed E-state index contributed by atoms with van der Waals surface area (Å²) in [5.41, 5.74) is 1.17. The number of pyridine rings is 1. The van der Waals surface area contributed by atoms with Crippen molar-refractivity contribution in [3.63, 3.8) is 0 Å². The van der Waals surface area contributed by atoms with Crippen LogP contribution in [0.1, 0.15) is 11.3 Å². The Hall–Kier alpha value is -1.45. The molecule has 106 valence electrons. The second-order valence-electron chi connectivity index (χ2n) is 4.00. The van der Waals surface area contributed by atoms with E-state index in [1.54, 1.807) is 24.7 Å². The summed E-state index contributed by atoms with van der Waals surface area (Å²) >= 11 is 4.60. The number of aromatic nitrogens is 3. The number of aliphatic hydroxyl groups is 1. The minimum Gasteiger partial charge on any atom is -0.390 e. The van der Waals surface area contributed by atoms with Gasteiger partial charge in [-0.05, 0) is 34.6 Å². The van der Waals surface area contributed by atoms with Gasteiger partial charge < -0.3 is 9.67 Å². The molecule has 0 aliphatic carbocycles. The Labute approximate surface area is 127 Å². The minimum absolute atomic E-state index is 0.0305. The molecule has 0 aromatic carbocycles. The second-order valence-corrected chi connectivity index (χ2v) is 5.74. The van der Waals surface area contributed by atoms with Crippen molar-refractivity contribution in [2.45, 2.75) is 23.7 Å². The van der Waals surface area contributed by atoms with E-state index in [9.17, 15) is 10.1 Å². The van der Waals surface area contributed by atoms with Crippen LogP contribution in [0.25, 0.3) is 0 Å². The van der Waals surface area contributed by atoms with Gasteiger partial charge in [0.15, 0.2) is 5.16 Å². The van der Waals surface area contributed by atoms with E-state index < -0.39 is 4.92 Å². The van der Waals surface area contributed by atoms with Gasteiger partial charge in [0.1, 0.15) is 11.2 Å². The lowest BCUT2D eigenvalue weighted by Crippen LogP contribution is -1.99. The predicted molar refractivity (Wildman–Crippen MR) is 76.6 cm³/mol. The van der Waals surface area contributed by atoms with E-state index in [0.717, 1.165) is 0 Å². The zero-order valence-corrected chi connectivity index (χ0v) is 13.1. The lowest BCUT2D eigenvalue weighted by molar-refractivity contribution is -0.385. The summed E-state index contributed by atoms with van der Waals surface area (Å²) in [6, 6.07) is 0. The molecular weight excluding hydrogens is 348 g/mol. The summed E-state index contributed by atoms with van der Waals surface area (Å²) < 4.78 is 2.32. The molecule has 0 aliphatic rings. The maximum absolute atomic E-state index is 10.8. The molecule has 0 saturated carbocycles. The molecule has 20 heavy (non-hydrogen) atoms. The molecule has 0 radical (unpaired) electrons. The van der Waals surface area contributed by atoms with Crippen molar-refractivity contribution in [2.24, 2.45) is 7.05 Å². The summed E-state index contributed by atoms with van der Waals surface area (Å²) in [5, 5.41) is 21.2. The summed E-state index contributed by atoms with van der Waals surface area (Å²) in [6.45, 7) is 1.56. The highest BCUT2D eigenvalue weighted by atomic mass is 79.9. The van der Waals surface area contributed by atoms with Gasteiger partial charge in [0.2, 0.25) is 0 Å². The van der Waals surface area contributed by atoms with Crippen molar-refractivity contribution < 1.29 is 10.0 Å². The van der Waals surface area contributed by atoms with E-state index in [-0.39, 0.29) is 12.3 Å². The lowest BCUT2D eigenvalue weighted by atomic mass is 10.3. The van der Waals surface area contributed by atoms with Crippen molar-refractivity contribution in [3.05, 3.63) is 38.2 Å². The molecule has 2 rings (SSSR count). The average Bonchev–Trinajstić information content (AvgIpc) is 2.75. The molecule has 7 nitrogen and oxygen atoms in total. The molecule has 0 amide bonds. The fraction of sp³-hybridized carbons (Fsp3) is 0.273. The first kappa shape index (κ1) is 14.9. The van der Waals surface area contributed by atoms with Crippen LogP contribution in [0.5, 0.6) is 0 Å². The molecule has 0 fully saturated rings. The van der Waals surface area contributed by atoms with Gasteiger partial charge in [-0.3, -0.25) is 10.1 Å². The van der Waals surface area contributed by atoms with Crippen molar-refractivity contribution in [3.8, 4) is 0 Å². The van der Waals surface area contributed by atoms with Crippen LogP contribution in [0.15, 0.2) is 27.0 Å². The van der Waals surface area contributed by atoms with Gasteiger partial charge in [0.25, 0.3) is 5.69 Å². The second kappa shape index (κ2) is 5.90. The first-order valence-electron chi connectivity index (χ1n) is 5.54. The quantitative estimate of drug-likeness (QED) is 0.666. The third-order valence-corrected chi connectivity index (χ3v) is 5.09. The summed E-state index contributed by atoms with van der Waals surface area (Å²) in [7, 11) is 1.78. The van der Waals surface area contributed by atoms with Gasteiger partial charge in [-0.1, -0.05) is 0 Å². The van der Waals surface area contributed by atoms with Gasteiger partial charge in [-0.15, -0.1) is 0 Å². The Morgan fingerprint density at radius 1 is 1.50 bits per heavy atom. The van der Waals surface area contributed by atoms with Crippen LogP contribution in [0.3, 0.4) is 0 Å². The fourth-order valence-electron chi connectivity index (χ4n) is 1.56. The number of imidazole rings is 1.